The topological polar surface area (TPSA) is 76.7 Å². The van der Waals surface area contributed by atoms with Crippen LogP contribution in [0.1, 0.15) is 18.1 Å². The van der Waals surface area contributed by atoms with Crippen molar-refractivity contribution in [2.45, 2.75) is 19.9 Å². The maximum absolute atomic E-state index is 12.2. The number of methoxy groups -OCH3 is 2. The van der Waals surface area contributed by atoms with E-state index < -0.39 is 0 Å². The monoisotopic (exact) mass is 420 g/mol. The number of hydrogen-bond acceptors (Lipinski definition) is 4. The second kappa shape index (κ2) is 9.24. The van der Waals surface area contributed by atoms with E-state index in [1.807, 2.05) is 12.1 Å². The summed E-state index contributed by atoms with van der Waals surface area (Å²) in [7, 11) is 3.12. The lowest BCUT2D eigenvalue weighted by Crippen LogP contribution is -2.24. The Morgan fingerprint density at radius 3 is 2.23 bits per heavy atom. The summed E-state index contributed by atoms with van der Waals surface area (Å²) in [6, 6.07) is 10.9. The van der Waals surface area contributed by atoms with E-state index in [1.165, 1.54) is 6.92 Å². The van der Waals surface area contributed by atoms with Gasteiger partial charge in [0.25, 0.3) is 0 Å². The van der Waals surface area contributed by atoms with Gasteiger partial charge in [-0.3, -0.25) is 9.59 Å². The number of amides is 2. The molecule has 0 fully saturated rings. The summed E-state index contributed by atoms with van der Waals surface area (Å²) in [6.45, 7) is 1.87. The van der Waals surface area contributed by atoms with Crippen molar-refractivity contribution >= 4 is 33.4 Å². The number of carbonyl (C=O) groups is 2. The minimum atomic E-state index is -0.119. The van der Waals surface area contributed by atoms with E-state index >= 15 is 0 Å². The van der Waals surface area contributed by atoms with Gasteiger partial charge in [0.05, 0.1) is 20.6 Å². The quantitative estimate of drug-likeness (QED) is 0.720. The third-order valence-corrected chi connectivity index (χ3v) is 4.41. The maximum atomic E-state index is 12.2. The van der Waals surface area contributed by atoms with Gasteiger partial charge in [0.1, 0.15) is 0 Å². The molecule has 6 nitrogen and oxygen atoms in total. The summed E-state index contributed by atoms with van der Waals surface area (Å²) < 4.78 is 11.3. The van der Waals surface area contributed by atoms with E-state index in [-0.39, 0.29) is 18.2 Å². The third-order valence-electron chi connectivity index (χ3n) is 3.67. The highest BCUT2D eigenvalue weighted by atomic mass is 79.9. The van der Waals surface area contributed by atoms with Crippen molar-refractivity contribution in [3.63, 3.8) is 0 Å². The van der Waals surface area contributed by atoms with Crippen LogP contribution in [-0.4, -0.2) is 26.0 Å². The predicted molar refractivity (Wildman–Crippen MR) is 104 cm³/mol. The molecule has 0 aliphatic heterocycles. The Balaban J connectivity index is 1.95. The molecule has 0 bridgehead atoms. The average Bonchev–Trinajstić information content (AvgIpc) is 2.62. The van der Waals surface area contributed by atoms with E-state index in [4.69, 9.17) is 9.47 Å². The van der Waals surface area contributed by atoms with Gasteiger partial charge >= 0.3 is 0 Å². The first kappa shape index (κ1) is 19.8. The normalized spacial score (nSPS) is 10.2. The van der Waals surface area contributed by atoms with Crippen LogP contribution in [0.15, 0.2) is 40.9 Å². The zero-order chi connectivity index (χ0) is 19.1. The van der Waals surface area contributed by atoms with Gasteiger partial charge in [-0.15, -0.1) is 0 Å². The molecule has 2 aromatic carbocycles. The Morgan fingerprint density at radius 2 is 1.65 bits per heavy atom. The number of nitrogens with one attached hydrogen (secondary N) is 2. The zero-order valence-electron chi connectivity index (χ0n) is 14.9. The highest BCUT2D eigenvalue weighted by Gasteiger charge is 2.12. The number of benzene rings is 2. The summed E-state index contributed by atoms with van der Waals surface area (Å²) in [5.41, 5.74) is 2.47. The predicted octanol–water partition coefficient (Wildman–Crippen LogP) is 3.28. The fourth-order valence-electron chi connectivity index (χ4n) is 2.38. The Hall–Kier alpha value is -2.54. The highest BCUT2D eigenvalue weighted by molar-refractivity contribution is 9.10. The molecule has 0 atom stereocenters. The van der Waals surface area contributed by atoms with Crippen LogP contribution in [0.5, 0.6) is 11.5 Å². The summed E-state index contributed by atoms with van der Waals surface area (Å²) in [5, 5.41) is 5.58. The molecule has 7 heteroatoms. The minimum absolute atomic E-state index is 0.108. The van der Waals surface area contributed by atoms with Crippen LogP contribution in [0.4, 0.5) is 5.69 Å². The first-order chi connectivity index (χ1) is 12.4. The van der Waals surface area contributed by atoms with Gasteiger partial charge in [0, 0.05) is 23.6 Å². The lowest BCUT2D eigenvalue weighted by molar-refractivity contribution is -0.120. The minimum Gasteiger partial charge on any atom is -0.493 e. The molecule has 2 rings (SSSR count). The van der Waals surface area contributed by atoms with Crippen molar-refractivity contribution in [3.8, 4) is 11.5 Å². The van der Waals surface area contributed by atoms with Crippen LogP contribution in [0.3, 0.4) is 0 Å². The van der Waals surface area contributed by atoms with Crippen molar-refractivity contribution in [2.75, 3.05) is 19.5 Å². The lowest BCUT2D eigenvalue weighted by atomic mass is 10.1. The van der Waals surface area contributed by atoms with E-state index in [9.17, 15) is 9.59 Å². The van der Waals surface area contributed by atoms with Gasteiger partial charge in [-0.05, 0) is 35.4 Å². The molecule has 0 aliphatic carbocycles. The molecular weight excluding hydrogens is 400 g/mol. The van der Waals surface area contributed by atoms with Crippen molar-refractivity contribution in [1.29, 1.82) is 0 Å². The number of halogens is 1. The average molecular weight is 421 g/mol. The molecule has 2 N–H and O–H groups in total. The van der Waals surface area contributed by atoms with Crippen molar-refractivity contribution in [1.82, 2.24) is 5.32 Å². The smallest absolute Gasteiger partial charge is 0.224 e. The summed E-state index contributed by atoms with van der Waals surface area (Å²) >= 11 is 3.45. The van der Waals surface area contributed by atoms with Crippen LogP contribution >= 0.6 is 15.9 Å². The van der Waals surface area contributed by atoms with Gasteiger partial charge in [0.2, 0.25) is 11.8 Å². The fraction of sp³-hybridized carbons (Fsp3) is 0.263. The second-order valence-corrected chi connectivity index (χ2v) is 6.48. The van der Waals surface area contributed by atoms with Crippen LogP contribution in [0.2, 0.25) is 0 Å². The largest absolute Gasteiger partial charge is 0.493 e. The summed E-state index contributed by atoms with van der Waals surface area (Å²) in [5.74, 6) is 0.949. The molecular formula is C19H21BrN2O4. The standard InChI is InChI=1S/C19H21BrN2O4/c1-12(23)22-15-6-4-13(5-7-15)11-21-19(24)9-14-8-17(25-2)18(26-3)10-16(14)20/h4-8,10H,9,11H2,1-3H3,(H,21,24)(H,22,23). The second-order valence-electron chi connectivity index (χ2n) is 5.63. The van der Waals surface area contributed by atoms with E-state index in [2.05, 4.69) is 26.6 Å². The number of anilines is 1. The van der Waals surface area contributed by atoms with Crippen molar-refractivity contribution in [2.24, 2.45) is 0 Å². The molecule has 0 aromatic heterocycles. The molecule has 138 valence electrons. The number of rotatable bonds is 7. The van der Waals surface area contributed by atoms with Gasteiger partial charge < -0.3 is 20.1 Å². The Kier molecular flexibility index (Phi) is 7.03. The van der Waals surface area contributed by atoms with Gasteiger partial charge in [0.15, 0.2) is 11.5 Å². The maximum Gasteiger partial charge on any atom is 0.224 e. The Labute approximate surface area is 161 Å². The van der Waals surface area contributed by atoms with E-state index in [1.54, 1.807) is 38.5 Å². The van der Waals surface area contributed by atoms with Crippen LogP contribution < -0.4 is 20.1 Å². The van der Waals surface area contributed by atoms with Crippen LogP contribution in [0, 0.1) is 0 Å². The fourth-order valence-corrected chi connectivity index (χ4v) is 2.84. The molecule has 0 saturated carbocycles. The summed E-state index contributed by atoms with van der Waals surface area (Å²) in [4.78, 5) is 23.3. The van der Waals surface area contributed by atoms with Crippen molar-refractivity contribution in [3.05, 3.63) is 52.0 Å². The molecule has 2 amide bonds. The lowest BCUT2D eigenvalue weighted by Gasteiger charge is -2.12. The van der Waals surface area contributed by atoms with Crippen LogP contribution in [0.25, 0.3) is 0 Å². The van der Waals surface area contributed by atoms with E-state index in [0.717, 1.165) is 21.3 Å². The Morgan fingerprint density at radius 1 is 1.04 bits per heavy atom. The van der Waals surface area contributed by atoms with Crippen molar-refractivity contribution < 1.29 is 19.1 Å². The Bertz CT molecular complexity index is 791. The molecule has 0 radical (unpaired) electrons. The number of ether oxygens (including phenoxy) is 2. The summed E-state index contributed by atoms with van der Waals surface area (Å²) in [6.07, 6.45) is 0.213. The molecule has 2 aromatic rings. The first-order valence-electron chi connectivity index (χ1n) is 7.96. The highest BCUT2D eigenvalue weighted by Crippen LogP contribution is 2.33. The number of hydrogen-bond donors (Lipinski definition) is 2. The molecule has 0 heterocycles. The molecule has 0 aliphatic rings. The zero-order valence-corrected chi connectivity index (χ0v) is 16.5. The third kappa shape index (κ3) is 5.49. The number of carbonyl (C=O) groups excluding carboxylic acids is 2. The molecule has 26 heavy (non-hydrogen) atoms. The first-order valence-corrected chi connectivity index (χ1v) is 8.76. The molecule has 0 spiro atoms. The van der Waals surface area contributed by atoms with E-state index in [0.29, 0.717) is 18.0 Å². The SMILES string of the molecule is COc1cc(Br)c(CC(=O)NCc2ccc(NC(C)=O)cc2)cc1OC. The van der Waals surface area contributed by atoms with Gasteiger partial charge in [-0.1, -0.05) is 28.1 Å². The molecule has 0 saturated heterocycles. The van der Waals surface area contributed by atoms with Crippen LogP contribution in [-0.2, 0) is 22.6 Å². The van der Waals surface area contributed by atoms with Gasteiger partial charge in [-0.2, -0.15) is 0 Å². The molecule has 0 unspecified atom stereocenters. The van der Waals surface area contributed by atoms with Gasteiger partial charge in [-0.25, -0.2) is 0 Å².